The van der Waals surface area contributed by atoms with Crippen molar-refractivity contribution in [1.29, 1.82) is 0 Å². The summed E-state index contributed by atoms with van der Waals surface area (Å²) in [5, 5.41) is 0. The number of benzene rings is 1. The van der Waals surface area contributed by atoms with E-state index in [1.165, 1.54) is 11.1 Å². The van der Waals surface area contributed by atoms with E-state index in [-0.39, 0.29) is 36.6 Å². The second-order valence-electron chi connectivity index (χ2n) is 8.10. The minimum absolute atomic E-state index is 0.00841. The molecular weight excluding hydrogens is 396 g/mol. The molecule has 1 aromatic rings. The summed E-state index contributed by atoms with van der Waals surface area (Å²) >= 11 is 0. The van der Waals surface area contributed by atoms with E-state index in [0.29, 0.717) is 19.7 Å². The Kier molecular flexibility index (Phi) is 5.59. The molecule has 1 unspecified atom stereocenters. The quantitative estimate of drug-likeness (QED) is 0.413. The maximum Gasteiger partial charge on any atom is 0.333 e. The van der Waals surface area contributed by atoms with E-state index in [0.717, 1.165) is 12.8 Å². The van der Waals surface area contributed by atoms with Crippen molar-refractivity contribution in [2.45, 2.75) is 50.4 Å². The van der Waals surface area contributed by atoms with Crippen LogP contribution < -0.4 is 0 Å². The van der Waals surface area contributed by atoms with Gasteiger partial charge in [0.15, 0.2) is 0 Å². The normalized spacial score (nSPS) is 23.7. The van der Waals surface area contributed by atoms with Crippen LogP contribution in [0.25, 0.3) is 0 Å². The van der Waals surface area contributed by atoms with Crippen LogP contribution in [0, 0.1) is 12.3 Å². The molecule has 1 amide bonds. The van der Waals surface area contributed by atoms with Crippen molar-refractivity contribution in [3.63, 3.8) is 0 Å². The van der Waals surface area contributed by atoms with E-state index < -0.39 is 17.5 Å². The van der Waals surface area contributed by atoms with Gasteiger partial charge in [0, 0.05) is 25.1 Å². The number of ether oxygens (including phenoxy) is 3. The number of fused-ring (bicyclic) bond motifs is 2. The van der Waals surface area contributed by atoms with Crippen LogP contribution in [-0.4, -0.2) is 48.1 Å². The molecule has 0 aromatic heterocycles. The maximum absolute atomic E-state index is 12.8. The number of likely N-dealkylation sites (tertiary alicyclic amines) is 1. The number of esters is 1. The first-order chi connectivity index (χ1) is 14.9. The standard InChI is InChI=1S/C24H26N2O5/c1-4-10-24(15-17(3)20(27)29-5-2)21(28)25-22(31-24)26-13-11-23(12-14-26)19-9-7-6-8-18(19)16-30-23/h1,6-9H,3,5,10-16H2,2H3. The highest BCUT2D eigenvalue weighted by molar-refractivity contribution is 6.02. The van der Waals surface area contributed by atoms with Gasteiger partial charge in [-0.1, -0.05) is 30.8 Å². The van der Waals surface area contributed by atoms with Crippen molar-refractivity contribution in [1.82, 2.24) is 4.90 Å². The van der Waals surface area contributed by atoms with Crippen molar-refractivity contribution in [3.8, 4) is 12.3 Å². The fourth-order valence-corrected chi connectivity index (χ4v) is 4.52. The summed E-state index contributed by atoms with van der Waals surface area (Å²) in [6.45, 7) is 7.55. The highest BCUT2D eigenvalue weighted by Crippen LogP contribution is 2.44. The number of rotatable bonds is 5. The largest absolute Gasteiger partial charge is 0.463 e. The van der Waals surface area contributed by atoms with Gasteiger partial charge in [-0.05, 0) is 30.9 Å². The topological polar surface area (TPSA) is 77.4 Å². The number of amides is 1. The van der Waals surface area contributed by atoms with Gasteiger partial charge in [0.2, 0.25) is 5.60 Å². The van der Waals surface area contributed by atoms with Crippen molar-refractivity contribution in [2.75, 3.05) is 19.7 Å². The summed E-state index contributed by atoms with van der Waals surface area (Å²) in [7, 11) is 0. The van der Waals surface area contributed by atoms with Crippen LogP contribution in [0.3, 0.4) is 0 Å². The van der Waals surface area contributed by atoms with Crippen molar-refractivity contribution in [2.24, 2.45) is 4.99 Å². The second kappa shape index (κ2) is 8.20. The average molecular weight is 422 g/mol. The van der Waals surface area contributed by atoms with Crippen molar-refractivity contribution < 1.29 is 23.8 Å². The van der Waals surface area contributed by atoms with Gasteiger partial charge < -0.3 is 19.1 Å². The highest BCUT2D eigenvalue weighted by atomic mass is 16.5. The molecule has 0 saturated carbocycles. The summed E-state index contributed by atoms with van der Waals surface area (Å²) in [4.78, 5) is 30.9. The number of nitrogens with zero attached hydrogens (tertiary/aromatic N) is 2. The summed E-state index contributed by atoms with van der Waals surface area (Å²) in [5.74, 6) is 1.42. The Morgan fingerprint density at radius 3 is 2.81 bits per heavy atom. The first-order valence-corrected chi connectivity index (χ1v) is 10.5. The molecule has 4 rings (SSSR count). The zero-order chi connectivity index (χ0) is 22.1. The minimum Gasteiger partial charge on any atom is -0.463 e. The lowest BCUT2D eigenvalue weighted by atomic mass is 9.84. The van der Waals surface area contributed by atoms with Gasteiger partial charge >= 0.3 is 5.97 Å². The third kappa shape index (κ3) is 3.72. The Bertz CT molecular complexity index is 984. The molecule has 1 atom stereocenters. The number of carbonyl (C=O) groups excluding carboxylic acids is 2. The number of aliphatic imine (C=N–C) groups is 1. The summed E-state index contributed by atoms with van der Waals surface area (Å²) in [5.41, 5.74) is 0.887. The van der Waals surface area contributed by atoms with Gasteiger partial charge in [-0.15, -0.1) is 12.3 Å². The summed E-state index contributed by atoms with van der Waals surface area (Å²) in [6, 6.07) is 8.54. The van der Waals surface area contributed by atoms with Crippen LogP contribution in [-0.2, 0) is 36.0 Å². The molecule has 1 saturated heterocycles. The Morgan fingerprint density at radius 2 is 2.10 bits per heavy atom. The van der Waals surface area contributed by atoms with Gasteiger partial charge in [-0.25, -0.2) is 4.79 Å². The molecule has 0 N–H and O–H groups in total. The van der Waals surface area contributed by atoms with Gasteiger partial charge in [0.1, 0.15) is 0 Å². The van der Waals surface area contributed by atoms with Crippen molar-refractivity contribution in [3.05, 3.63) is 47.5 Å². The molecule has 0 bridgehead atoms. The smallest absolute Gasteiger partial charge is 0.333 e. The Balaban J connectivity index is 1.45. The lowest BCUT2D eigenvalue weighted by Crippen LogP contribution is -2.47. The zero-order valence-corrected chi connectivity index (χ0v) is 17.7. The molecule has 3 heterocycles. The van der Waals surface area contributed by atoms with Crippen LogP contribution in [0.5, 0.6) is 0 Å². The first kappa shape index (κ1) is 21.1. The summed E-state index contributed by atoms with van der Waals surface area (Å²) in [6.07, 6.45) is 6.96. The highest BCUT2D eigenvalue weighted by Gasteiger charge is 2.50. The molecular formula is C24H26N2O5. The Labute approximate surface area is 182 Å². The number of amidine groups is 1. The zero-order valence-electron chi connectivity index (χ0n) is 17.7. The SMILES string of the molecule is C#CCC1(CC(=C)C(=O)OCC)OC(N2CCC3(CC2)OCc2ccccc23)=NC1=O. The van der Waals surface area contributed by atoms with Crippen LogP contribution in [0.15, 0.2) is 41.4 Å². The van der Waals surface area contributed by atoms with Gasteiger partial charge in [0.05, 0.1) is 25.2 Å². The second-order valence-corrected chi connectivity index (χ2v) is 8.10. The van der Waals surface area contributed by atoms with Crippen LogP contribution in [0.4, 0.5) is 0 Å². The van der Waals surface area contributed by atoms with Crippen molar-refractivity contribution >= 4 is 17.9 Å². The van der Waals surface area contributed by atoms with Crippen LogP contribution >= 0.6 is 0 Å². The molecule has 1 fully saturated rings. The van der Waals surface area contributed by atoms with Gasteiger partial charge in [0.25, 0.3) is 11.9 Å². The summed E-state index contributed by atoms with van der Waals surface area (Å²) < 4.78 is 17.2. The average Bonchev–Trinajstić information content (AvgIpc) is 3.28. The Morgan fingerprint density at radius 1 is 1.35 bits per heavy atom. The van der Waals surface area contributed by atoms with E-state index >= 15 is 0 Å². The fourth-order valence-electron chi connectivity index (χ4n) is 4.52. The van der Waals surface area contributed by atoms with Crippen LogP contribution in [0.1, 0.15) is 43.7 Å². The molecule has 31 heavy (non-hydrogen) atoms. The first-order valence-electron chi connectivity index (χ1n) is 10.5. The van der Waals surface area contributed by atoms with E-state index in [1.54, 1.807) is 6.92 Å². The van der Waals surface area contributed by atoms with Gasteiger partial charge in [-0.3, -0.25) is 4.79 Å². The number of piperidine rings is 1. The predicted octanol–water partition coefficient (Wildman–Crippen LogP) is 2.69. The van der Waals surface area contributed by atoms with Crippen LogP contribution in [0.2, 0.25) is 0 Å². The predicted molar refractivity (Wildman–Crippen MR) is 114 cm³/mol. The third-order valence-electron chi connectivity index (χ3n) is 6.18. The Hall–Kier alpha value is -3.11. The molecule has 0 radical (unpaired) electrons. The number of terminal acetylenes is 1. The molecule has 162 valence electrons. The number of hydrogen-bond acceptors (Lipinski definition) is 6. The molecule has 3 aliphatic heterocycles. The minimum atomic E-state index is -1.42. The van der Waals surface area contributed by atoms with E-state index in [9.17, 15) is 9.59 Å². The molecule has 3 aliphatic rings. The molecule has 1 spiro atoms. The third-order valence-corrected chi connectivity index (χ3v) is 6.18. The molecule has 7 nitrogen and oxygen atoms in total. The number of carbonyl (C=O) groups is 2. The molecule has 0 aliphatic carbocycles. The lowest BCUT2D eigenvalue weighted by molar-refractivity contribution is -0.139. The molecule has 7 heteroatoms. The molecule has 1 aromatic carbocycles. The van der Waals surface area contributed by atoms with E-state index in [1.807, 2.05) is 17.0 Å². The van der Waals surface area contributed by atoms with E-state index in [4.69, 9.17) is 20.6 Å². The lowest BCUT2D eigenvalue weighted by Gasteiger charge is -2.40. The maximum atomic E-state index is 12.8. The fraction of sp³-hybridized carbons (Fsp3) is 0.458. The number of hydrogen-bond donors (Lipinski definition) is 0. The monoisotopic (exact) mass is 422 g/mol. The van der Waals surface area contributed by atoms with Gasteiger partial charge in [-0.2, -0.15) is 4.99 Å². The van der Waals surface area contributed by atoms with E-state index in [2.05, 4.69) is 29.6 Å².